The van der Waals surface area contributed by atoms with Crippen LogP contribution in [0.1, 0.15) is 25.7 Å². The predicted octanol–water partition coefficient (Wildman–Crippen LogP) is -0.310. The molecule has 2 fully saturated rings. The minimum Gasteiger partial charge on any atom is -0.481 e. The van der Waals surface area contributed by atoms with Crippen LogP contribution in [0.3, 0.4) is 0 Å². The van der Waals surface area contributed by atoms with E-state index in [-0.39, 0.29) is 30.9 Å². The molecule has 0 saturated carbocycles. The summed E-state index contributed by atoms with van der Waals surface area (Å²) in [7, 11) is -6.70. The van der Waals surface area contributed by atoms with Crippen LogP contribution in [0, 0.1) is 5.92 Å². The zero-order valence-electron chi connectivity index (χ0n) is 11.1. The molecular weight excluding hydrogens is 306 g/mol. The van der Waals surface area contributed by atoms with Crippen LogP contribution in [-0.2, 0) is 24.7 Å². The van der Waals surface area contributed by atoms with E-state index in [1.165, 1.54) is 4.31 Å². The Morgan fingerprint density at radius 3 is 2.30 bits per heavy atom. The summed E-state index contributed by atoms with van der Waals surface area (Å²) in [5, 5.41) is 8.30. The van der Waals surface area contributed by atoms with Gasteiger partial charge in [0.25, 0.3) is 0 Å². The maximum Gasteiger partial charge on any atom is 0.307 e. The Morgan fingerprint density at radius 2 is 1.75 bits per heavy atom. The van der Waals surface area contributed by atoms with Gasteiger partial charge in [-0.15, -0.1) is 0 Å². The molecule has 9 heteroatoms. The molecule has 0 aromatic rings. The van der Waals surface area contributed by atoms with E-state index in [9.17, 15) is 21.6 Å². The van der Waals surface area contributed by atoms with Crippen molar-refractivity contribution in [3.63, 3.8) is 0 Å². The summed E-state index contributed by atoms with van der Waals surface area (Å²) < 4.78 is 48.9. The van der Waals surface area contributed by atoms with Gasteiger partial charge < -0.3 is 5.11 Å². The Labute approximate surface area is 118 Å². The lowest BCUT2D eigenvalue weighted by molar-refractivity contribution is -0.142. The van der Waals surface area contributed by atoms with Crippen LogP contribution in [0.2, 0.25) is 0 Å². The molecule has 20 heavy (non-hydrogen) atoms. The summed E-state index contributed by atoms with van der Waals surface area (Å²) in [6, 6.07) is 0. The average molecular weight is 325 g/mol. The number of nitrogens with zero attached hydrogens (tertiary/aromatic N) is 1. The molecular formula is C11H19NO6S2. The molecule has 2 heterocycles. The third-order valence-corrected chi connectivity index (χ3v) is 8.10. The van der Waals surface area contributed by atoms with Gasteiger partial charge in [0.1, 0.15) is 9.84 Å². The lowest BCUT2D eigenvalue weighted by Gasteiger charge is -2.34. The largest absolute Gasteiger partial charge is 0.481 e. The molecule has 0 aromatic heterocycles. The molecule has 1 atom stereocenters. The summed E-state index contributed by atoms with van der Waals surface area (Å²) in [6.45, 7) is 0.330. The van der Waals surface area contributed by atoms with Gasteiger partial charge in [0, 0.05) is 13.1 Å². The Hall–Kier alpha value is -0.670. The molecule has 0 unspecified atom stereocenters. The zero-order chi connectivity index (χ0) is 15.0. The van der Waals surface area contributed by atoms with Crippen LogP contribution < -0.4 is 0 Å². The Morgan fingerprint density at radius 1 is 1.15 bits per heavy atom. The minimum absolute atomic E-state index is 0.000909. The van der Waals surface area contributed by atoms with Crippen molar-refractivity contribution in [1.82, 2.24) is 4.31 Å². The zero-order valence-corrected chi connectivity index (χ0v) is 12.7. The van der Waals surface area contributed by atoms with E-state index in [2.05, 4.69) is 0 Å². The van der Waals surface area contributed by atoms with E-state index < -0.39 is 37.0 Å². The normalized spacial score (nSPS) is 29.1. The second-order valence-electron chi connectivity index (χ2n) is 5.43. The monoisotopic (exact) mass is 325 g/mol. The van der Waals surface area contributed by atoms with Gasteiger partial charge in [-0.3, -0.25) is 4.79 Å². The average Bonchev–Trinajstić information content (AvgIpc) is 2.38. The summed E-state index contributed by atoms with van der Waals surface area (Å²) >= 11 is 0. The van der Waals surface area contributed by atoms with E-state index in [0.717, 1.165) is 0 Å². The number of rotatable bonds is 3. The molecule has 0 aromatic carbocycles. The lowest BCUT2D eigenvalue weighted by Crippen LogP contribution is -2.48. The van der Waals surface area contributed by atoms with Gasteiger partial charge >= 0.3 is 5.97 Å². The van der Waals surface area contributed by atoms with Crippen molar-refractivity contribution in [1.29, 1.82) is 0 Å². The van der Waals surface area contributed by atoms with Crippen LogP contribution >= 0.6 is 0 Å². The molecule has 7 nitrogen and oxygen atoms in total. The first kappa shape index (κ1) is 15.7. The van der Waals surface area contributed by atoms with Gasteiger partial charge in [-0.2, -0.15) is 0 Å². The number of hydrogen-bond acceptors (Lipinski definition) is 5. The summed E-state index contributed by atoms with van der Waals surface area (Å²) in [6.07, 6.45) is 1.24. The summed E-state index contributed by atoms with van der Waals surface area (Å²) in [5.41, 5.74) is 0. The Kier molecular flexibility index (Phi) is 4.41. The highest BCUT2D eigenvalue weighted by atomic mass is 32.2. The quantitative estimate of drug-likeness (QED) is 0.762. The molecule has 0 amide bonds. The van der Waals surface area contributed by atoms with Gasteiger partial charge in [0.2, 0.25) is 10.0 Å². The van der Waals surface area contributed by atoms with Crippen molar-refractivity contribution < 1.29 is 26.7 Å². The molecule has 2 aliphatic heterocycles. The first-order valence-corrected chi connectivity index (χ1v) is 9.97. The summed E-state index contributed by atoms with van der Waals surface area (Å²) in [5.74, 6) is -1.85. The van der Waals surface area contributed by atoms with Crippen LogP contribution in [-0.4, -0.2) is 62.1 Å². The SMILES string of the molecule is O=C(O)[C@@H]1CCCN(S(=O)(=O)C2CCS(=O)(=O)CC2)C1. The van der Waals surface area contributed by atoms with E-state index in [1.807, 2.05) is 0 Å². The van der Waals surface area contributed by atoms with Gasteiger partial charge in [0.05, 0.1) is 22.7 Å². The number of carbonyl (C=O) groups is 1. The van der Waals surface area contributed by atoms with Crippen molar-refractivity contribution in [3.05, 3.63) is 0 Å². The van der Waals surface area contributed by atoms with E-state index >= 15 is 0 Å². The van der Waals surface area contributed by atoms with Crippen molar-refractivity contribution in [2.75, 3.05) is 24.6 Å². The first-order chi connectivity index (χ1) is 9.22. The highest BCUT2D eigenvalue weighted by molar-refractivity contribution is 7.92. The van der Waals surface area contributed by atoms with Crippen molar-refractivity contribution in [2.45, 2.75) is 30.9 Å². The Bertz CT molecular complexity index is 568. The standard InChI is InChI=1S/C11H19NO6S2/c13-11(14)9-2-1-5-12(8-9)20(17,18)10-3-6-19(15,16)7-4-10/h9-10H,1-8H2,(H,13,14)/t9-/m1/s1. The fourth-order valence-electron chi connectivity index (χ4n) is 2.75. The molecule has 0 spiro atoms. The predicted molar refractivity (Wildman–Crippen MR) is 72.5 cm³/mol. The lowest BCUT2D eigenvalue weighted by atomic mass is 10.0. The second kappa shape index (κ2) is 5.61. The third kappa shape index (κ3) is 3.32. The number of aliphatic carboxylic acids is 1. The maximum atomic E-state index is 12.5. The van der Waals surface area contributed by atoms with Gasteiger partial charge in [-0.25, -0.2) is 21.1 Å². The first-order valence-electron chi connectivity index (χ1n) is 6.64. The van der Waals surface area contributed by atoms with Gasteiger partial charge in [0.15, 0.2) is 0 Å². The minimum atomic E-state index is -3.60. The fourth-order valence-corrected chi connectivity index (χ4v) is 6.57. The molecule has 1 N–H and O–H groups in total. The molecule has 2 aliphatic rings. The van der Waals surface area contributed by atoms with Crippen LogP contribution in [0.4, 0.5) is 0 Å². The van der Waals surface area contributed by atoms with Crippen molar-refractivity contribution in [3.8, 4) is 0 Å². The number of sulfone groups is 1. The van der Waals surface area contributed by atoms with Crippen LogP contribution in [0.25, 0.3) is 0 Å². The number of sulfonamides is 1. The Balaban J connectivity index is 2.08. The van der Waals surface area contributed by atoms with Crippen molar-refractivity contribution >= 4 is 25.8 Å². The van der Waals surface area contributed by atoms with Crippen LogP contribution in [0.15, 0.2) is 0 Å². The highest BCUT2D eigenvalue weighted by Gasteiger charge is 2.39. The third-order valence-electron chi connectivity index (χ3n) is 4.02. The van der Waals surface area contributed by atoms with Crippen molar-refractivity contribution in [2.24, 2.45) is 5.92 Å². The molecule has 0 bridgehead atoms. The molecule has 0 aliphatic carbocycles. The number of carboxylic acid groups (broad SMARTS) is 1. The van der Waals surface area contributed by atoms with Crippen LogP contribution in [0.5, 0.6) is 0 Å². The molecule has 0 radical (unpaired) electrons. The molecule has 2 saturated heterocycles. The smallest absolute Gasteiger partial charge is 0.307 e. The topological polar surface area (TPSA) is 109 Å². The van der Waals surface area contributed by atoms with E-state index in [0.29, 0.717) is 19.4 Å². The molecule has 116 valence electrons. The van der Waals surface area contributed by atoms with E-state index in [1.54, 1.807) is 0 Å². The number of piperidine rings is 1. The number of carboxylic acids is 1. The van der Waals surface area contributed by atoms with Gasteiger partial charge in [-0.1, -0.05) is 0 Å². The maximum absolute atomic E-state index is 12.5. The van der Waals surface area contributed by atoms with Gasteiger partial charge in [-0.05, 0) is 25.7 Å². The summed E-state index contributed by atoms with van der Waals surface area (Å²) in [4.78, 5) is 11.0. The highest BCUT2D eigenvalue weighted by Crippen LogP contribution is 2.26. The fraction of sp³-hybridized carbons (Fsp3) is 0.909. The van der Waals surface area contributed by atoms with E-state index in [4.69, 9.17) is 5.11 Å². The number of hydrogen-bond donors (Lipinski definition) is 1. The second-order valence-corrected chi connectivity index (χ2v) is 9.95. The molecule has 2 rings (SSSR count).